The van der Waals surface area contributed by atoms with Crippen molar-refractivity contribution >= 4 is 28.7 Å². The fourth-order valence-corrected chi connectivity index (χ4v) is 3.60. The Morgan fingerprint density at radius 2 is 1.93 bits per heavy atom. The van der Waals surface area contributed by atoms with Gasteiger partial charge < -0.3 is 10.1 Å². The molecule has 3 aromatic rings. The van der Waals surface area contributed by atoms with E-state index in [9.17, 15) is 4.79 Å². The number of hydrogen-bond acceptors (Lipinski definition) is 4. The molecule has 1 heterocycles. The van der Waals surface area contributed by atoms with Gasteiger partial charge in [0, 0.05) is 11.7 Å². The lowest BCUT2D eigenvalue weighted by atomic mass is 10.2. The van der Waals surface area contributed by atoms with Gasteiger partial charge in [0.05, 0.1) is 23.4 Å². The zero-order valence-electron chi connectivity index (χ0n) is 15.9. The van der Waals surface area contributed by atoms with E-state index in [0.717, 1.165) is 34.0 Å². The third-order valence-electron chi connectivity index (χ3n) is 4.29. The highest BCUT2D eigenvalue weighted by atomic mass is 32.2. The number of para-hydroxylation sites is 2. The third-order valence-corrected chi connectivity index (χ3v) is 5.23. The van der Waals surface area contributed by atoms with Crippen molar-refractivity contribution in [2.75, 3.05) is 12.4 Å². The number of thioether (sulfide) groups is 1. The van der Waals surface area contributed by atoms with Crippen LogP contribution < -0.4 is 10.1 Å². The first-order valence-electron chi connectivity index (χ1n) is 9.25. The lowest BCUT2D eigenvalue weighted by molar-refractivity contribution is -0.119. The van der Waals surface area contributed by atoms with Crippen molar-refractivity contribution < 1.29 is 9.53 Å². The summed E-state index contributed by atoms with van der Waals surface area (Å²) in [5.74, 6) is 1.21. The average molecular weight is 384 g/mol. The molecule has 0 fully saturated rings. The van der Waals surface area contributed by atoms with Crippen molar-refractivity contribution in [2.24, 2.45) is 0 Å². The summed E-state index contributed by atoms with van der Waals surface area (Å²) in [5, 5.41) is 3.81. The first kappa shape index (κ1) is 19.3. The van der Waals surface area contributed by atoms with Gasteiger partial charge in [0.1, 0.15) is 5.75 Å². The predicted octanol–water partition coefficient (Wildman–Crippen LogP) is 4.43. The second-order valence-electron chi connectivity index (χ2n) is 6.31. The highest BCUT2D eigenvalue weighted by Gasteiger charge is 2.15. The summed E-state index contributed by atoms with van der Waals surface area (Å²) in [5.41, 5.74) is 2.93. The molecule has 0 saturated carbocycles. The molecule has 3 rings (SSSR count). The number of carbonyl (C=O) groups is 1. The van der Waals surface area contributed by atoms with E-state index in [1.807, 2.05) is 62.4 Å². The first-order chi connectivity index (χ1) is 13.1. The molecule has 0 saturated heterocycles. The minimum Gasteiger partial charge on any atom is -0.494 e. The van der Waals surface area contributed by atoms with E-state index in [1.165, 1.54) is 11.8 Å². The normalized spacial score (nSPS) is 12.1. The highest BCUT2D eigenvalue weighted by molar-refractivity contribution is 7.99. The molecular formula is C21H25N3O2S. The van der Waals surface area contributed by atoms with Gasteiger partial charge in [0.25, 0.3) is 0 Å². The number of nitrogens with zero attached hydrogens (tertiary/aromatic N) is 2. The van der Waals surface area contributed by atoms with Gasteiger partial charge in [-0.3, -0.25) is 9.36 Å². The Balaban J connectivity index is 1.89. The third kappa shape index (κ3) is 4.63. The Kier molecular flexibility index (Phi) is 6.40. The molecular weight excluding hydrogens is 358 g/mol. The van der Waals surface area contributed by atoms with Gasteiger partial charge in [-0.15, -0.1) is 0 Å². The van der Waals surface area contributed by atoms with Crippen molar-refractivity contribution in [1.82, 2.24) is 14.9 Å². The second-order valence-corrected chi connectivity index (χ2v) is 7.25. The number of imidazole rings is 1. The summed E-state index contributed by atoms with van der Waals surface area (Å²) in [4.78, 5) is 16.9. The molecule has 6 heteroatoms. The zero-order valence-corrected chi connectivity index (χ0v) is 16.8. The fourth-order valence-electron chi connectivity index (χ4n) is 2.76. The average Bonchev–Trinajstić information content (AvgIpc) is 3.05. The number of carbonyl (C=O) groups excluding carboxylic acids is 1. The van der Waals surface area contributed by atoms with E-state index in [-0.39, 0.29) is 11.9 Å². The number of benzene rings is 2. The topological polar surface area (TPSA) is 56.1 Å². The molecule has 0 unspecified atom stereocenters. The quantitative estimate of drug-likeness (QED) is 0.585. The maximum Gasteiger partial charge on any atom is 0.230 e. The minimum atomic E-state index is 0.0275. The van der Waals surface area contributed by atoms with Gasteiger partial charge in [-0.2, -0.15) is 0 Å². The maximum absolute atomic E-state index is 12.2. The number of hydrogen-bond donors (Lipinski definition) is 1. The Labute approximate surface area is 164 Å². The van der Waals surface area contributed by atoms with Crippen LogP contribution in [-0.4, -0.2) is 33.9 Å². The maximum atomic E-state index is 12.2. The van der Waals surface area contributed by atoms with Gasteiger partial charge in [0.15, 0.2) is 5.16 Å². The summed E-state index contributed by atoms with van der Waals surface area (Å²) >= 11 is 1.45. The lowest BCUT2D eigenvalue weighted by Gasteiger charge is -2.12. The zero-order chi connectivity index (χ0) is 19.2. The molecule has 1 amide bonds. The standard InChI is InChI=1S/C21H25N3O2S/c1-4-15(3)22-20(25)14-27-21-23-18-8-6-7-9-19(18)24(21)16-10-12-17(13-11-16)26-5-2/h6-13,15H,4-5,14H2,1-3H3,(H,22,25)/t15-/m1/s1. The van der Waals surface area contributed by atoms with Crippen molar-refractivity contribution in [1.29, 1.82) is 0 Å². The Hall–Kier alpha value is -2.47. The van der Waals surface area contributed by atoms with Crippen LogP contribution in [0.5, 0.6) is 5.75 Å². The van der Waals surface area contributed by atoms with E-state index in [2.05, 4.69) is 16.8 Å². The second kappa shape index (κ2) is 8.95. The molecule has 27 heavy (non-hydrogen) atoms. The van der Waals surface area contributed by atoms with E-state index >= 15 is 0 Å². The summed E-state index contributed by atoms with van der Waals surface area (Å²) in [6, 6.07) is 16.1. The van der Waals surface area contributed by atoms with Crippen LogP contribution in [0.3, 0.4) is 0 Å². The van der Waals surface area contributed by atoms with Crippen LogP contribution in [-0.2, 0) is 4.79 Å². The summed E-state index contributed by atoms with van der Waals surface area (Å²) in [7, 11) is 0. The molecule has 5 nitrogen and oxygen atoms in total. The van der Waals surface area contributed by atoms with Crippen molar-refractivity contribution in [2.45, 2.75) is 38.4 Å². The molecule has 1 N–H and O–H groups in total. The number of rotatable bonds is 8. The molecule has 0 aliphatic heterocycles. The SMILES string of the molecule is CCOc1ccc(-n2c(SCC(=O)N[C@H](C)CC)nc3ccccc32)cc1. The van der Waals surface area contributed by atoms with E-state index in [1.54, 1.807) is 0 Å². The number of amides is 1. The molecule has 0 bridgehead atoms. The van der Waals surface area contributed by atoms with Gasteiger partial charge in [-0.25, -0.2) is 4.98 Å². The lowest BCUT2D eigenvalue weighted by Crippen LogP contribution is -2.33. The number of nitrogens with one attached hydrogen (secondary N) is 1. The van der Waals surface area contributed by atoms with E-state index < -0.39 is 0 Å². The first-order valence-corrected chi connectivity index (χ1v) is 10.2. The Bertz CT molecular complexity index is 905. The molecule has 0 spiro atoms. The van der Waals surface area contributed by atoms with Gasteiger partial charge in [-0.1, -0.05) is 30.8 Å². The molecule has 2 aromatic carbocycles. The molecule has 1 aromatic heterocycles. The number of fused-ring (bicyclic) bond motifs is 1. The van der Waals surface area contributed by atoms with Crippen LogP contribution in [0.2, 0.25) is 0 Å². The van der Waals surface area contributed by atoms with Crippen LogP contribution in [0.25, 0.3) is 16.7 Å². The van der Waals surface area contributed by atoms with Crippen molar-refractivity contribution in [3.63, 3.8) is 0 Å². The summed E-state index contributed by atoms with van der Waals surface area (Å²) < 4.78 is 7.63. The number of aromatic nitrogens is 2. The Morgan fingerprint density at radius 3 is 2.63 bits per heavy atom. The largest absolute Gasteiger partial charge is 0.494 e. The van der Waals surface area contributed by atoms with Crippen LogP contribution >= 0.6 is 11.8 Å². The molecule has 1 atom stereocenters. The van der Waals surface area contributed by atoms with Crippen LogP contribution in [0, 0.1) is 0 Å². The van der Waals surface area contributed by atoms with Crippen molar-refractivity contribution in [3.05, 3.63) is 48.5 Å². The summed E-state index contributed by atoms with van der Waals surface area (Å²) in [6.07, 6.45) is 0.918. The van der Waals surface area contributed by atoms with Crippen LogP contribution in [0.1, 0.15) is 27.2 Å². The monoisotopic (exact) mass is 383 g/mol. The summed E-state index contributed by atoms with van der Waals surface area (Å²) in [6.45, 7) is 6.68. The minimum absolute atomic E-state index is 0.0275. The highest BCUT2D eigenvalue weighted by Crippen LogP contribution is 2.28. The predicted molar refractivity (Wildman–Crippen MR) is 111 cm³/mol. The molecule has 0 radical (unpaired) electrons. The van der Waals surface area contributed by atoms with Crippen LogP contribution in [0.15, 0.2) is 53.7 Å². The smallest absolute Gasteiger partial charge is 0.230 e. The van der Waals surface area contributed by atoms with Gasteiger partial charge >= 0.3 is 0 Å². The van der Waals surface area contributed by atoms with E-state index in [4.69, 9.17) is 9.72 Å². The van der Waals surface area contributed by atoms with E-state index in [0.29, 0.717) is 12.4 Å². The fraction of sp³-hybridized carbons (Fsp3) is 0.333. The van der Waals surface area contributed by atoms with Crippen LogP contribution in [0.4, 0.5) is 0 Å². The van der Waals surface area contributed by atoms with Gasteiger partial charge in [0.2, 0.25) is 5.91 Å². The van der Waals surface area contributed by atoms with Crippen molar-refractivity contribution in [3.8, 4) is 11.4 Å². The Morgan fingerprint density at radius 1 is 1.19 bits per heavy atom. The molecule has 142 valence electrons. The van der Waals surface area contributed by atoms with Gasteiger partial charge in [-0.05, 0) is 56.7 Å². The number of ether oxygens (including phenoxy) is 1. The molecule has 0 aliphatic carbocycles. The molecule has 0 aliphatic rings.